The summed E-state index contributed by atoms with van der Waals surface area (Å²) in [5.41, 5.74) is -1.09. The molecule has 0 radical (unpaired) electrons. The van der Waals surface area contributed by atoms with Crippen LogP contribution in [-0.2, 0) is 19.0 Å². The number of alkyl halides is 1. The van der Waals surface area contributed by atoms with Crippen molar-refractivity contribution in [3.63, 3.8) is 0 Å². The predicted molar refractivity (Wildman–Crippen MR) is 75.6 cm³/mol. The number of hydrogen-bond acceptors (Lipinski definition) is 4. The van der Waals surface area contributed by atoms with E-state index < -0.39 is 22.9 Å². The van der Waals surface area contributed by atoms with Gasteiger partial charge in [0.1, 0.15) is 17.4 Å². The Bertz CT molecular complexity index is 394. The van der Waals surface area contributed by atoms with E-state index in [9.17, 15) is 9.90 Å². The van der Waals surface area contributed by atoms with Crippen molar-refractivity contribution in [2.45, 2.75) is 30.7 Å². The Labute approximate surface area is 124 Å². The molecule has 0 amide bonds. The molecular weight excluding hydrogens is 284 g/mol. The number of rotatable bonds is 7. The molecule has 6 heteroatoms. The van der Waals surface area contributed by atoms with Crippen molar-refractivity contribution >= 4 is 17.6 Å². The van der Waals surface area contributed by atoms with Crippen LogP contribution >= 0.6 is 11.6 Å². The number of carboxylic acid groups (broad SMARTS) is 1. The minimum Gasteiger partial charge on any atom is -0.498 e. The van der Waals surface area contributed by atoms with E-state index in [1.165, 1.54) is 33.5 Å². The van der Waals surface area contributed by atoms with Gasteiger partial charge in [-0.15, -0.1) is 11.6 Å². The van der Waals surface area contributed by atoms with Gasteiger partial charge >= 0.3 is 5.97 Å². The maximum Gasteiger partial charge on any atom is 0.314 e. The number of hydrogen-bond donors (Lipinski definition) is 1. The van der Waals surface area contributed by atoms with Crippen LogP contribution in [0.25, 0.3) is 0 Å². The lowest BCUT2D eigenvalue weighted by Gasteiger charge is -2.40. The van der Waals surface area contributed by atoms with Crippen LogP contribution in [0.3, 0.4) is 0 Å². The van der Waals surface area contributed by atoms with E-state index in [1.54, 1.807) is 0 Å². The van der Waals surface area contributed by atoms with Gasteiger partial charge in [-0.1, -0.05) is 13.3 Å². The van der Waals surface area contributed by atoms with E-state index in [0.717, 1.165) is 6.42 Å². The van der Waals surface area contributed by atoms with Crippen molar-refractivity contribution in [1.29, 1.82) is 0 Å². The molecule has 0 aromatic carbocycles. The molecule has 0 heterocycles. The van der Waals surface area contributed by atoms with Gasteiger partial charge in [0.2, 0.25) is 0 Å². The van der Waals surface area contributed by atoms with Gasteiger partial charge in [-0.05, 0) is 18.6 Å². The first-order chi connectivity index (χ1) is 9.47. The molecule has 5 nitrogen and oxygen atoms in total. The number of ether oxygens (including phenoxy) is 3. The van der Waals surface area contributed by atoms with Crippen LogP contribution in [0.2, 0.25) is 0 Å². The molecule has 20 heavy (non-hydrogen) atoms. The third-order valence-electron chi connectivity index (χ3n) is 3.42. The molecule has 1 N–H and O–H groups in total. The molecule has 0 saturated carbocycles. The average molecular weight is 305 g/mol. The second kappa shape index (κ2) is 6.99. The molecule has 1 atom stereocenters. The molecule has 0 aliphatic heterocycles. The molecule has 0 spiro atoms. The summed E-state index contributed by atoms with van der Waals surface area (Å²) in [4.78, 5) is 11.2. The van der Waals surface area contributed by atoms with Gasteiger partial charge in [0.25, 0.3) is 0 Å². The predicted octanol–water partition coefficient (Wildman–Crippen LogP) is 2.55. The molecule has 1 rings (SSSR count). The number of carboxylic acids is 1. The number of methoxy groups -OCH3 is 3. The van der Waals surface area contributed by atoms with Crippen LogP contribution in [-0.4, -0.2) is 43.4 Å². The number of carbonyl (C=O) groups is 1. The molecular formula is C14H21ClO5. The first-order valence-corrected chi connectivity index (χ1v) is 6.86. The van der Waals surface area contributed by atoms with Gasteiger partial charge in [0, 0.05) is 7.11 Å². The van der Waals surface area contributed by atoms with Crippen molar-refractivity contribution in [2.24, 2.45) is 5.92 Å². The molecule has 0 aromatic rings. The fraction of sp³-hybridized carbons (Fsp3) is 0.643. The zero-order chi connectivity index (χ0) is 15.3. The Hall–Kier alpha value is -1.20. The van der Waals surface area contributed by atoms with Gasteiger partial charge in [0.05, 0.1) is 19.6 Å². The Morgan fingerprint density at radius 2 is 1.85 bits per heavy atom. The van der Waals surface area contributed by atoms with Gasteiger partial charge in [0.15, 0.2) is 5.60 Å². The third-order valence-corrected chi connectivity index (χ3v) is 3.95. The van der Waals surface area contributed by atoms with Gasteiger partial charge < -0.3 is 19.3 Å². The summed E-state index contributed by atoms with van der Waals surface area (Å²) in [5, 5.41) is 8.75. The highest BCUT2D eigenvalue weighted by molar-refractivity contribution is 6.22. The Balaban J connectivity index is 3.35. The van der Waals surface area contributed by atoms with E-state index in [0.29, 0.717) is 17.9 Å². The highest BCUT2D eigenvalue weighted by atomic mass is 35.5. The zero-order valence-corrected chi connectivity index (χ0v) is 12.9. The lowest BCUT2D eigenvalue weighted by atomic mass is 9.83. The second-order valence-electron chi connectivity index (χ2n) is 4.53. The highest BCUT2D eigenvalue weighted by Crippen LogP contribution is 2.42. The van der Waals surface area contributed by atoms with E-state index in [-0.39, 0.29) is 0 Å². The minimum atomic E-state index is -1.09. The lowest BCUT2D eigenvalue weighted by Crippen LogP contribution is -2.48. The summed E-state index contributed by atoms with van der Waals surface area (Å²) in [6.45, 7) is 2.01. The van der Waals surface area contributed by atoms with E-state index in [2.05, 4.69) is 0 Å². The van der Waals surface area contributed by atoms with Crippen molar-refractivity contribution in [3.05, 3.63) is 23.7 Å². The fourth-order valence-corrected chi connectivity index (χ4v) is 2.94. The quantitative estimate of drug-likeness (QED) is 0.732. The first-order valence-electron chi connectivity index (χ1n) is 6.42. The Morgan fingerprint density at radius 3 is 2.15 bits per heavy atom. The van der Waals surface area contributed by atoms with Crippen LogP contribution in [0, 0.1) is 5.92 Å². The van der Waals surface area contributed by atoms with Crippen LogP contribution < -0.4 is 0 Å². The van der Waals surface area contributed by atoms with Crippen molar-refractivity contribution in [2.75, 3.05) is 21.3 Å². The van der Waals surface area contributed by atoms with E-state index in [4.69, 9.17) is 25.8 Å². The highest BCUT2D eigenvalue weighted by Gasteiger charge is 2.50. The van der Waals surface area contributed by atoms with Crippen molar-refractivity contribution in [1.82, 2.24) is 0 Å². The maximum absolute atomic E-state index is 11.2. The standard InChI is InChI=1S/C14H21ClO5/c1-5-6-10(15)14(20-4)11(18-2)7-9(13(16)17)8-12(14)19-3/h7-10H,5-6H2,1-4H3,(H,16,17). The van der Waals surface area contributed by atoms with Gasteiger partial charge in [-0.25, -0.2) is 0 Å². The molecule has 1 unspecified atom stereocenters. The lowest BCUT2D eigenvalue weighted by molar-refractivity contribution is -0.139. The molecule has 114 valence electrons. The second-order valence-corrected chi connectivity index (χ2v) is 5.06. The summed E-state index contributed by atoms with van der Waals surface area (Å²) >= 11 is 6.48. The maximum atomic E-state index is 11.2. The van der Waals surface area contributed by atoms with Crippen LogP contribution in [0.1, 0.15) is 19.8 Å². The Morgan fingerprint density at radius 1 is 1.35 bits per heavy atom. The van der Waals surface area contributed by atoms with Crippen molar-refractivity contribution < 1.29 is 24.1 Å². The molecule has 0 bridgehead atoms. The molecule has 1 aliphatic carbocycles. The third kappa shape index (κ3) is 2.79. The SMILES string of the molecule is CCCC(Cl)C1(OC)C(OC)=CC(C(=O)O)C=C1OC. The summed E-state index contributed by atoms with van der Waals surface area (Å²) in [6, 6.07) is 0. The fourth-order valence-electron chi connectivity index (χ4n) is 2.42. The molecule has 1 aliphatic rings. The summed E-state index contributed by atoms with van der Waals surface area (Å²) < 4.78 is 16.3. The first kappa shape index (κ1) is 16.9. The van der Waals surface area contributed by atoms with Crippen molar-refractivity contribution in [3.8, 4) is 0 Å². The normalized spacial score (nSPS) is 27.4. The Kier molecular flexibility index (Phi) is 5.89. The molecule has 0 fully saturated rings. The van der Waals surface area contributed by atoms with Crippen LogP contribution in [0.5, 0.6) is 0 Å². The largest absolute Gasteiger partial charge is 0.498 e. The minimum absolute atomic E-state index is 0.361. The number of halogens is 1. The van der Waals surface area contributed by atoms with Crippen LogP contribution in [0.4, 0.5) is 0 Å². The average Bonchev–Trinajstić information content (AvgIpc) is 2.45. The van der Waals surface area contributed by atoms with Crippen LogP contribution in [0.15, 0.2) is 23.7 Å². The van der Waals surface area contributed by atoms with E-state index in [1.807, 2.05) is 6.92 Å². The van der Waals surface area contributed by atoms with Gasteiger partial charge in [-0.3, -0.25) is 4.79 Å². The topological polar surface area (TPSA) is 65.0 Å². The summed E-state index contributed by atoms with van der Waals surface area (Å²) in [7, 11) is 4.44. The summed E-state index contributed by atoms with van der Waals surface area (Å²) in [6.07, 6.45) is 4.53. The number of aliphatic carboxylic acids is 1. The van der Waals surface area contributed by atoms with Gasteiger partial charge in [-0.2, -0.15) is 0 Å². The smallest absolute Gasteiger partial charge is 0.314 e. The monoisotopic (exact) mass is 304 g/mol. The zero-order valence-electron chi connectivity index (χ0n) is 12.2. The molecule has 0 aromatic heterocycles. The molecule has 0 saturated heterocycles. The summed E-state index contributed by atoms with van der Waals surface area (Å²) in [5.74, 6) is -1.09. The van der Waals surface area contributed by atoms with E-state index >= 15 is 0 Å².